The van der Waals surface area contributed by atoms with Gasteiger partial charge in [-0.05, 0) is 49.6 Å². The van der Waals surface area contributed by atoms with Crippen molar-refractivity contribution in [2.75, 3.05) is 11.9 Å². The van der Waals surface area contributed by atoms with Crippen LogP contribution in [0.15, 0.2) is 64.5 Å². The smallest absolute Gasteiger partial charge is 0.274 e. The van der Waals surface area contributed by atoms with E-state index >= 15 is 0 Å². The van der Waals surface area contributed by atoms with E-state index in [0.29, 0.717) is 35.2 Å². The van der Waals surface area contributed by atoms with E-state index in [9.17, 15) is 9.59 Å². The van der Waals surface area contributed by atoms with Crippen molar-refractivity contribution in [3.8, 4) is 5.75 Å². The van der Waals surface area contributed by atoms with Crippen LogP contribution in [0.2, 0.25) is 0 Å². The van der Waals surface area contributed by atoms with Crippen LogP contribution < -0.4 is 15.6 Å². The van der Waals surface area contributed by atoms with Crippen LogP contribution in [0.5, 0.6) is 5.75 Å². The first-order valence-corrected chi connectivity index (χ1v) is 12.1. The molecule has 0 saturated heterocycles. The summed E-state index contributed by atoms with van der Waals surface area (Å²) >= 11 is 1.49. The van der Waals surface area contributed by atoms with Crippen LogP contribution in [0.1, 0.15) is 30.2 Å². The molecule has 0 unspecified atom stereocenters. The SMILES string of the molecule is CCCn1cnc2nc(CSc3ccccc3NC(=O)COc3cc(C)ccc3C)cc(=O)n21. The molecule has 0 bridgehead atoms. The lowest BCUT2D eigenvalue weighted by molar-refractivity contribution is -0.118. The average Bonchev–Trinajstić information content (AvgIpc) is 3.22. The molecule has 0 aliphatic heterocycles. The fourth-order valence-corrected chi connectivity index (χ4v) is 4.41. The van der Waals surface area contributed by atoms with Crippen molar-refractivity contribution in [2.24, 2.45) is 0 Å². The van der Waals surface area contributed by atoms with Gasteiger partial charge in [0.15, 0.2) is 6.61 Å². The van der Waals surface area contributed by atoms with Crippen LogP contribution in [0, 0.1) is 13.8 Å². The highest BCUT2D eigenvalue weighted by Gasteiger charge is 2.12. The molecule has 176 valence electrons. The molecular formula is C25H27N5O3S. The lowest BCUT2D eigenvalue weighted by Crippen LogP contribution is -2.21. The number of ether oxygens (including phenoxy) is 1. The molecule has 1 N–H and O–H groups in total. The predicted molar refractivity (Wildman–Crippen MR) is 134 cm³/mol. The summed E-state index contributed by atoms with van der Waals surface area (Å²) in [6, 6.07) is 15.0. The van der Waals surface area contributed by atoms with Gasteiger partial charge in [-0.3, -0.25) is 14.3 Å². The van der Waals surface area contributed by atoms with E-state index in [4.69, 9.17) is 4.74 Å². The average molecular weight is 478 g/mol. The molecule has 8 nitrogen and oxygen atoms in total. The fourth-order valence-electron chi connectivity index (χ4n) is 3.51. The molecule has 0 fully saturated rings. The number of thioether (sulfide) groups is 1. The van der Waals surface area contributed by atoms with E-state index in [2.05, 4.69) is 15.3 Å². The summed E-state index contributed by atoms with van der Waals surface area (Å²) in [6.07, 6.45) is 2.53. The second-order valence-corrected chi connectivity index (χ2v) is 9.01. The Labute approximate surface area is 202 Å². The van der Waals surface area contributed by atoms with Crippen molar-refractivity contribution in [2.45, 2.75) is 44.4 Å². The van der Waals surface area contributed by atoms with Crippen LogP contribution in [-0.4, -0.2) is 31.7 Å². The Morgan fingerprint density at radius 2 is 1.97 bits per heavy atom. The van der Waals surface area contributed by atoms with Gasteiger partial charge in [0.1, 0.15) is 12.1 Å². The third-order valence-electron chi connectivity index (χ3n) is 5.19. The second-order valence-electron chi connectivity index (χ2n) is 8.00. The number of rotatable bonds is 9. The lowest BCUT2D eigenvalue weighted by atomic mass is 10.1. The van der Waals surface area contributed by atoms with E-state index in [1.54, 1.807) is 11.0 Å². The number of carbonyl (C=O) groups is 1. The first-order chi connectivity index (χ1) is 16.4. The number of amides is 1. The predicted octanol–water partition coefficient (Wildman–Crippen LogP) is 4.23. The van der Waals surface area contributed by atoms with Crippen LogP contribution >= 0.6 is 11.8 Å². The van der Waals surface area contributed by atoms with Gasteiger partial charge in [-0.1, -0.05) is 31.2 Å². The highest BCUT2D eigenvalue weighted by molar-refractivity contribution is 7.98. The molecule has 9 heteroatoms. The molecule has 2 aromatic heterocycles. The minimum atomic E-state index is -0.242. The van der Waals surface area contributed by atoms with Crippen LogP contribution in [0.25, 0.3) is 5.78 Å². The number of nitrogens with one attached hydrogen (secondary N) is 1. The molecular weight excluding hydrogens is 450 g/mol. The minimum Gasteiger partial charge on any atom is -0.483 e. The Kier molecular flexibility index (Phi) is 7.32. The molecule has 0 aliphatic rings. The Bertz CT molecular complexity index is 1380. The van der Waals surface area contributed by atoms with Gasteiger partial charge < -0.3 is 10.1 Å². The van der Waals surface area contributed by atoms with E-state index in [1.807, 2.05) is 63.2 Å². The third-order valence-corrected chi connectivity index (χ3v) is 6.29. The molecule has 4 aromatic rings. The summed E-state index contributed by atoms with van der Waals surface area (Å²) in [6.45, 7) is 6.59. The van der Waals surface area contributed by atoms with Crippen molar-refractivity contribution in [3.63, 3.8) is 0 Å². The Morgan fingerprint density at radius 1 is 1.15 bits per heavy atom. The summed E-state index contributed by atoms with van der Waals surface area (Å²) in [4.78, 5) is 34.8. The van der Waals surface area contributed by atoms with Gasteiger partial charge in [-0.2, -0.15) is 9.50 Å². The highest BCUT2D eigenvalue weighted by Crippen LogP contribution is 2.29. The number of hydrogen-bond donors (Lipinski definition) is 1. The largest absolute Gasteiger partial charge is 0.483 e. The zero-order chi connectivity index (χ0) is 24.1. The maximum Gasteiger partial charge on any atom is 0.274 e. The monoisotopic (exact) mass is 477 g/mol. The molecule has 34 heavy (non-hydrogen) atoms. The van der Waals surface area contributed by atoms with Crippen molar-refractivity contribution in [3.05, 3.63) is 82.0 Å². The zero-order valence-corrected chi connectivity index (χ0v) is 20.3. The first-order valence-electron chi connectivity index (χ1n) is 11.1. The van der Waals surface area contributed by atoms with Gasteiger partial charge in [0.05, 0.1) is 11.4 Å². The number of nitrogens with zero attached hydrogens (tertiary/aromatic N) is 4. The van der Waals surface area contributed by atoms with E-state index < -0.39 is 0 Å². The van der Waals surface area contributed by atoms with Crippen LogP contribution in [-0.2, 0) is 17.1 Å². The Balaban J connectivity index is 1.42. The number of carbonyl (C=O) groups excluding carboxylic acids is 1. The first kappa shape index (κ1) is 23.6. The van der Waals surface area contributed by atoms with Gasteiger partial charge in [-0.25, -0.2) is 4.98 Å². The zero-order valence-electron chi connectivity index (χ0n) is 19.4. The normalized spacial score (nSPS) is 11.0. The number of aryl methyl sites for hydroxylation is 3. The molecule has 2 heterocycles. The van der Waals surface area contributed by atoms with E-state index in [1.165, 1.54) is 22.3 Å². The second kappa shape index (κ2) is 10.6. The van der Waals surface area contributed by atoms with Crippen molar-refractivity contribution >= 4 is 29.1 Å². The van der Waals surface area contributed by atoms with Gasteiger partial charge in [0.2, 0.25) is 0 Å². The molecule has 0 aliphatic carbocycles. The number of anilines is 1. The van der Waals surface area contributed by atoms with Gasteiger partial charge >= 0.3 is 0 Å². The van der Waals surface area contributed by atoms with Crippen LogP contribution in [0.3, 0.4) is 0 Å². The molecule has 2 aromatic carbocycles. The Hall–Kier alpha value is -3.59. The number of benzene rings is 2. The van der Waals surface area contributed by atoms with E-state index in [0.717, 1.165) is 22.4 Å². The summed E-state index contributed by atoms with van der Waals surface area (Å²) in [7, 11) is 0. The molecule has 0 radical (unpaired) electrons. The van der Waals surface area contributed by atoms with Crippen molar-refractivity contribution in [1.29, 1.82) is 0 Å². The van der Waals surface area contributed by atoms with E-state index in [-0.39, 0.29) is 18.1 Å². The quantitative estimate of drug-likeness (QED) is 0.363. The molecule has 4 rings (SSSR count). The molecule has 1 amide bonds. The standard InChI is InChI=1S/C25H27N5O3S/c1-4-11-29-16-26-25-27-19(13-24(32)30(25)29)15-34-22-8-6-5-7-20(22)28-23(31)14-33-21-12-17(2)9-10-18(21)3/h5-10,12-13,16H,4,11,14-15H2,1-3H3,(H,28,31). The number of hydrogen-bond acceptors (Lipinski definition) is 6. The topological polar surface area (TPSA) is 90.5 Å². The lowest BCUT2D eigenvalue weighted by Gasteiger charge is -2.12. The maximum absolute atomic E-state index is 12.6. The van der Waals surface area contributed by atoms with Crippen molar-refractivity contribution in [1.82, 2.24) is 19.2 Å². The molecule has 0 saturated carbocycles. The highest BCUT2D eigenvalue weighted by atomic mass is 32.2. The summed E-state index contributed by atoms with van der Waals surface area (Å²) < 4.78 is 8.98. The minimum absolute atomic E-state index is 0.0846. The fraction of sp³-hybridized carbons (Fsp3) is 0.280. The van der Waals surface area contributed by atoms with Gasteiger partial charge in [0, 0.05) is 23.3 Å². The maximum atomic E-state index is 12.6. The molecule has 0 spiro atoms. The Morgan fingerprint density at radius 3 is 2.79 bits per heavy atom. The number of fused-ring (bicyclic) bond motifs is 1. The van der Waals surface area contributed by atoms with Crippen LogP contribution in [0.4, 0.5) is 5.69 Å². The van der Waals surface area contributed by atoms with Gasteiger partial charge in [0.25, 0.3) is 17.2 Å². The summed E-state index contributed by atoms with van der Waals surface area (Å²) in [5.74, 6) is 1.32. The summed E-state index contributed by atoms with van der Waals surface area (Å²) in [5, 5.41) is 2.92. The third kappa shape index (κ3) is 5.48. The number of aromatic nitrogens is 4. The number of para-hydroxylation sites is 1. The summed E-state index contributed by atoms with van der Waals surface area (Å²) in [5.41, 5.74) is 3.22. The molecule has 0 atom stereocenters. The van der Waals surface area contributed by atoms with Crippen molar-refractivity contribution < 1.29 is 9.53 Å². The van der Waals surface area contributed by atoms with Gasteiger partial charge in [-0.15, -0.1) is 11.8 Å².